The number of nitrogens with zero attached hydrogens (tertiary/aromatic N) is 2. The number of piperidine rings is 1. The summed E-state index contributed by atoms with van der Waals surface area (Å²) in [6, 6.07) is 18.1. The van der Waals surface area contributed by atoms with E-state index in [-0.39, 0.29) is 11.6 Å². The molecule has 0 radical (unpaired) electrons. The number of aliphatic hydroxyl groups is 1. The minimum atomic E-state index is -0.206. The van der Waals surface area contributed by atoms with E-state index in [1.807, 2.05) is 0 Å². The summed E-state index contributed by atoms with van der Waals surface area (Å²) in [4.78, 5) is 5.20. The number of fused-ring (bicyclic) bond motifs is 1. The molecule has 0 saturated carbocycles. The smallest absolute Gasteiger partial charge is 0.0789 e. The van der Waals surface area contributed by atoms with Gasteiger partial charge in [0.2, 0.25) is 0 Å². The average Bonchev–Trinajstić information content (AvgIpc) is 3.27. The molecule has 3 aliphatic rings. The third-order valence-corrected chi connectivity index (χ3v) is 7.43. The van der Waals surface area contributed by atoms with Gasteiger partial charge in [0.15, 0.2) is 0 Å². The minimum Gasteiger partial charge on any atom is -0.391 e. The van der Waals surface area contributed by atoms with Gasteiger partial charge in [0.1, 0.15) is 0 Å². The molecule has 2 atom stereocenters. The second kappa shape index (κ2) is 6.65. The lowest BCUT2D eigenvalue weighted by molar-refractivity contribution is 0.0428. The summed E-state index contributed by atoms with van der Waals surface area (Å²) in [5, 5.41) is 10.9. The largest absolute Gasteiger partial charge is 0.391 e. The highest BCUT2D eigenvalue weighted by Crippen LogP contribution is 2.42. The van der Waals surface area contributed by atoms with Crippen molar-refractivity contribution in [1.29, 1.82) is 0 Å². The first kappa shape index (κ1) is 17.3. The molecule has 27 heavy (non-hydrogen) atoms. The van der Waals surface area contributed by atoms with Crippen molar-refractivity contribution in [3.8, 4) is 0 Å². The SMILES string of the molecule is Cc1cccc2c1CC(N1CCC3(CC1)C(O)CCN3c1ccccc1)C2. The lowest BCUT2D eigenvalue weighted by Crippen LogP contribution is -2.58. The van der Waals surface area contributed by atoms with Gasteiger partial charge in [-0.25, -0.2) is 0 Å². The van der Waals surface area contributed by atoms with Gasteiger partial charge in [-0.3, -0.25) is 4.90 Å². The maximum Gasteiger partial charge on any atom is 0.0789 e. The number of aliphatic hydroxyl groups excluding tert-OH is 1. The zero-order valence-electron chi connectivity index (χ0n) is 16.3. The fraction of sp³-hybridized carbons (Fsp3) is 0.500. The highest BCUT2D eigenvalue weighted by atomic mass is 16.3. The number of benzene rings is 2. The van der Waals surface area contributed by atoms with Crippen LogP contribution in [0.3, 0.4) is 0 Å². The number of rotatable bonds is 2. The van der Waals surface area contributed by atoms with Gasteiger partial charge >= 0.3 is 0 Å². The van der Waals surface area contributed by atoms with Gasteiger partial charge in [0.05, 0.1) is 11.6 Å². The first-order valence-corrected chi connectivity index (χ1v) is 10.5. The maximum absolute atomic E-state index is 10.9. The Hall–Kier alpha value is -1.84. The van der Waals surface area contributed by atoms with Gasteiger partial charge in [-0.2, -0.15) is 0 Å². The molecule has 2 fully saturated rings. The summed E-state index contributed by atoms with van der Waals surface area (Å²) < 4.78 is 0. The van der Waals surface area contributed by atoms with Crippen LogP contribution in [-0.4, -0.2) is 47.3 Å². The Morgan fingerprint density at radius 1 is 0.926 bits per heavy atom. The molecule has 2 aliphatic heterocycles. The fourth-order valence-corrected chi connectivity index (χ4v) is 5.86. The van der Waals surface area contributed by atoms with Crippen molar-refractivity contribution in [2.45, 2.75) is 56.7 Å². The summed E-state index contributed by atoms with van der Waals surface area (Å²) in [6.45, 7) is 5.41. The second-order valence-corrected chi connectivity index (χ2v) is 8.71. The molecule has 0 amide bonds. The second-order valence-electron chi connectivity index (χ2n) is 8.71. The Bertz CT molecular complexity index is 810. The molecule has 1 N–H and O–H groups in total. The zero-order valence-corrected chi connectivity index (χ0v) is 16.3. The fourth-order valence-electron chi connectivity index (χ4n) is 5.86. The van der Waals surface area contributed by atoms with E-state index in [0.29, 0.717) is 6.04 Å². The highest BCUT2D eigenvalue weighted by molar-refractivity contribution is 5.51. The summed E-state index contributed by atoms with van der Waals surface area (Å²) in [7, 11) is 0. The molecule has 0 bridgehead atoms. The Morgan fingerprint density at radius 3 is 2.44 bits per heavy atom. The van der Waals surface area contributed by atoms with Crippen LogP contribution < -0.4 is 4.90 Å². The lowest BCUT2D eigenvalue weighted by atomic mass is 9.82. The summed E-state index contributed by atoms with van der Waals surface area (Å²) in [5.74, 6) is 0. The topological polar surface area (TPSA) is 26.7 Å². The number of hydrogen-bond acceptors (Lipinski definition) is 3. The van der Waals surface area contributed by atoms with Crippen molar-refractivity contribution < 1.29 is 5.11 Å². The van der Waals surface area contributed by atoms with Gasteiger partial charge in [0, 0.05) is 31.4 Å². The summed E-state index contributed by atoms with van der Waals surface area (Å²) in [5.41, 5.74) is 5.78. The Balaban J connectivity index is 1.32. The first-order chi connectivity index (χ1) is 13.2. The number of likely N-dealkylation sites (tertiary alicyclic amines) is 1. The molecule has 142 valence electrons. The van der Waals surface area contributed by atoms with Crippen LogP contribution in [0.5, 0.6) is 0 Å². The van der Waals surface area contributed by atoms with Crippen molar-refractivity contribution in [2.75, 3.05) is 24.5 Å². The number of aryl methyl sites for hydroxylation is 1. The van der Waals surface area contributed by atoms with Gasteiger partial charge in [0.25, 0.3) is 0 Å². The molecule has 2 saturated heterocycles. The maximum atomic E-state index is 10.9. The van der Waals surface area contributed by atoms with Crippen LogP contribution in [0.4, 0.5) is 5.69 Å². The molecular formula is C24H30N2O. The van der Waals surface area contributed by atoms with E-state index in [9.17, 15) is 5.11 Å². The van der Waals surface area contributed by atoms with Gasteiger partial charge in [-0.15, -0.1) is 0 Å². The molecular weight excluding hydrogens is 332 g/mol. The quantitative estimate of drug-likeness (QED) is 0.885. The molecule has 1 spiro atoms. The third kappa shape index (κ3) is 2.79. The summed E-state index contributed by atoms with van der Waals surface area (Å²) in [6.07, 6.45) is 5.20. The Morgan fingerprint density at radius 2 is 1.70 bits per heavy atom. The average molecular weight is 363 g/mol. The van der Waals surface area contributed by atoms with E-state index in [0.717, 1.165) is 38.9 Å². The van der Waals surface area contributed by atoms with E-state index in [4.69, 9.17) is 0 Å². The van der Waals surface area contributed by atoms with Gasteiger partial charge in [-0.1, -0.05) is 36.4 Å². The van der Waals surface area contributed by atoms with E-state index in [1.54, 1.807) is 11.1 Å². The Kier molecular flexibility index (Phi) is 4.25. The molecule has 0 aromatic heterocycles. The number of para-hydroxylation sites is 1. The van der Waals surface area contributed by atoms with E-state index in [1.165, 1.54) is 24.1 Å². The molecule has 2 aromatic carbocycles. The van der Waals surface area contributed by atoms with Crippen LogP contribution in [0.25, 0.3) is 0 Å². The molecule has 3 nitrogen and oxygen atoms in total. The monoisotopic (exact) mass is 362 g/mol. The molecule has 2 unspecified atom stereocenters. The predicted octanol–water partition coefficient (Wildman–Crippen LogP) is 3.57. The van der Waals surface area contributed by atoms with Crippen molar-refractivity contribution in [2.24, 2.45) is 0 Å². The zero-order chi connectivity index (χ0) is 18.4. The molecule has 2 heterocycles. The lowest BCUT2D eigenvalue weighted by Gasteiger charge is -2.48. The third-order valence-electron chi connectivity index (χ3n) is 7.43. The van der Waals surface area contributed by atoms with Crippen LogP contribution in [0, 0.1) is 6.92 Å². The van der Waals surface area contributed by atoms with Crippen LogP contribution in [-0.2, 0) is 12.8 Å². The summed E-state index contributed by atoms with van der Waals surface area (Å²) >= 11 is 0. The number of anilines is 1. The van der Waals surface area contributed by atoms with Crippen molar-refractivity contribution in [3.05, 3.63) is 65.2 Å². The predicted molar refractivity (Wildman–Crippen MR) is 110 cm³/mol. The molecule has 1 aliphatic carbocycles. The van der Waals surface area contributed by atoms with E-state index >= 15 is 0 Å². The van der Waals surface area contributed by atoms with Gasteiger partial charge < -0.3 is 10.0 Å². The van der Waals surface area contributed by atoms with Crippen LogP contribution in [0.1, 0.15) is 36.0 Å². The van der Waals surface area contributed by atoms with Crippen molar-refractivity contribution >= 4 is 5.69 Å². The first-order valence-electron chi connectivity index (χ1n) is 10.5. The normalized spacial score (nSPS) is 27.3. The van der Waals surface area contributed by atoms with E-state index < -0.39 is 0 Å². The number of hydrogen-bond donors (Lipinski definition) is 1. The molecule has 5 rings (SSSR count). The molecule has 2 aromatic rings. The van der Waals surface area contributed by atoms with Crippen LogP contribution >= 0.6 is 0 Å². The van der Waals surface area contributed by atoms with Crippen molar-refractivity contribution in [3.63, 3.8) is 0 Å². The van der Waals surface area contributed by atoms with Gasteiger partial charge in [-0.05, 0) is 67.9 Å². The van der Waals surface area contributed by atoms with Crippen LogP contribution in [0.15, 0.2) is 48.5 Å². The highest BCUT2D eigenvalue weighted by Gasteiger charge is 2.50. The standard InChI is InChI=1S/C24H30N2O/c1-18-6-5-7-19-16-21(17-22(18)19)25-14-11-24(12-15-25)23(27)10-13-26(24)20-8-3-2-4-9-20/h2-9,21,23,27H,10-17H2,1H3. The minimum absolute atomic E-state index is 0.0702. The van der Waals surface area contributed by atoms with Crippen LogP contribution in [0.2, 0.25) is 0 Å². The van der Waals surface area contributed by atoms with E-state index in [2.05, 4.69) is 65.3 Å². The Labute approximate surface area is 162 Å². The van der Waals surface area contributed by atoms with Crippen molar-refractivity contribution in [1.82, 2.24) is 4.90 Å². The molecule has 3 heteroatoms.